The molecule has 0 rings (SSSR count). The fourth-order valence-electron chi connectivity index (χ4n) is 5.85. The molecule has 0 aromatic rings. The highest BCUT2D eigenvalue weighted by atomic mass is 16.5. The lowest BCUT2D eigenvalue weighted by Gasteiger charge is -2.21. The van der Waals surface area contributed by atoms with Crippen molar-refractivity contribution in [3.8, 4) is 0 Å². The third-order valence-electron chi connectivity index (χ3n) is 9.30. The van der Waals surface area contributed by atoms with Gasteiger partial charge in [-0.05, 0) is 45.2 Å². The summed E-state index contributed by atoms with van der Waals surface area (Å²) in [7, 11) is 0. The van der Waals surface area contributed by atoms with Gasteiger partial charge in [0.05, 0.1) is 19.0 Å². The molecule has 0 spiro atoms. The van der Waals surface area contributed by atoms with E-state index in [4.69, 9.17) is 9.84 Å². The van der Waals surface area contributed by atoms with Crippen LogP contribution in [0.1, 0.15) is 208 Å². The van der Waals surface area contributed by atoms with E-state index in [-0.39, 0.29) is 0 Å². The average Bonchev–Trinajstić information content (AvgIpc) is 3.04. The van der Waals surface area contributed by atoms with Crippen LogP contribution in [0.25, 0.3) is 0 Å². The first kappa shape index (κ1) is 46.3. The molecule has 0 aliphatic heterocycles. The second kappa shape index (κ2) is 39.4. The molecule has 1 unspecified atom stereocenters. The molecule has 0 aromatic carbocycles. The lowest BCUT2D eigenvalue weighted by Crippen LogP contribution is -2.29. The van der Waals surface area contributed by atoms with Crippen molar-refractivity contribution in [3.63, 3.8) is 0 Å². The van der Waals surface area contributed by atoms with Crippen molar-refractivity contribution >= 4 is 0 Å². The summed E-state index contributed by atoms with van der Waals surface area (Å²) in [6, 6.07) is 0. The summed E-state index contributed by atoms with van der Waals surface area (Å²) in [5.41, 5.74) is 1.29. The second-order valence-electron chi connectivity index (χ2n) is 13.8. The zero-order valence-corrected chi connectivity index (χ0v) is 31.9. The Kier molecular flexibility index (Phi) is 40.5. The minimum atomic E-state index is 0.296. The maximum atomic E-state index is 9.16. The molecule has 0 aliphatic carbocycles. The standard InChI is InChI=1S/C23H44O.C19H41NO/c1-6-8-10-12-14-15-17-19-21(3)22(4)23(5)24-20-18-16-13-11-9-7-2;1-3-5-7-9-10-11-13-15-17-20(18-19-21)16-14-12-8-6-4-2/h22H,3,5-20H2,1-2,4H3;21H,3-19H2,1-2H3. The van der Waals surface area contributed by atoms with Gasteiger partial charge in [-0.1, -0.05) is 195 Å². The molecule has 1 atom stereocenters. The Hall–Kier alpha value is -0.800. The normalized spacial score (nSPS) is 11.8. The van der Waals surface area contributed by atoms with Crippen LogP contribution in [0.15, 0.2) is 24.5 Å². The third kappa shape index (κ3) is 35.9. The fourth-order valence-corrected chi connectivity index (χ4v) is 5.85. The van der Waals surface area contributed by atoms with Gasteiger partial charge in [-0.15, -0.1) is 0 Å². The number of allylic oxidation sites excluding steroid dienone is 1. The van der Waals surface area contributed by atoms with E-state index in [1.807, 2.05) is 0 Å². The van der Waals surface area contributed by atoms with Crippen LogP contribution >= 0.6 is 0 Å². The molecule has 1 N–H and O–H groups in total. The molecule has 0 amide bonds. The van der Waals surface area contributed by atoms with Crippen molar-refractivity contribution in [1.82, 2.24) is 4.90 Å². The predicted octanol–water partition coefficient (Wildman–Crippen LogP) is 13.6. The molecular formula is C42H85NO2. The molecule has 0 saturated carbocycles. The van der Waals surface area contributed by atoms with E-state index in [1.165, 1.54) is 179 Å². The van der Waals surface area contributed by atoms with E-state index in [0.717, 1.165) is 31.8 Å². The number of rotatable bonds is 35. The summed E-state index contributed by atoms with van der Waals surface area (Å²) >= 11 is 0. The number of hydrogen-bond acceptors (Lipinski definition) is 3. The SMILES string of the molecule is C=C(CCCCCCCCC)C(C)C(=C)OCCCCCCCC.CCCCCCCCCCN(CCO)CCCCCCC. The van der Waals surface area contributed by atoms with E-state index in [9.17, 15) is 0 Å². The Bertz CT molecular complexity index is 559. The van der Waals surface area contributed by atoms with Crippen molar-refractivity contribution in [3.05, 3.63) is 24.5 Å². The van der Waals surface area contributed by atoms with Crippen LogP contribution in [-0.2, 0) is 4.74 Å². The zero-order chi connectivity index (χ0) is 33.6. The number of nitrogens with zero attached hydrogens (tertiary/aromatic N) is 1. The first-order valence-corrected chi connectivity index (χ1v) is 20.3. The van der Waals surface area contributed by atoms with E-state index in [2.05, 4.69) is 52.7 Å². The van der Waals surface area contributed by atoms with E-state index < -0.39 is 0 Å². The van der Waals surface area contributed by atoms with Crippen molar-refractivity contribution in [1.29, 1.82) is 0 Å². The molecule has 0 aliphatic rings. The molecule has 0 bridgehead atoms. The van der Waals surface area contributed by atoms with Gasteiger partial charge >= 0.3 is 0 Å². The highest BCUT2D eigenvalue weighted by molar-refractivity contribution is 5.10. The lowest BCUT2D eigenvalue weighted by atomic mass is 9.95. The first-order chi connectivity index (χ1) is 22.0. The average molecular weight is 636 g/mol. The highest BCUT2D eigenvalue weighted by Crippen LogP contribution is 2.24. The second-order valence-corrected chi connectivity index (χ2v) is 13.8. The van der Waals surface area contributed by atoms with Gasteiger partial charge in [0.1, 0.15) is 0 Å². The summed E-state index contributed by atoms with van der Waals surface area (Å²) in [6.07, 6.45) is 36.2. The van der Waals surface area contributed by atoms with Gasteiger partial charge in [-0.25, -0.2) is 0 Å². The van der Waals surface area contributed by atoms with Gasteiger partial charge in [-0.3, -0.25) is 0 Å². The van der Waals surface area contributed by atoms with E-state index in [1.54, 1.807) is 0 Å². The molecule has 3 nitrogen and oxygen atoms in total. The van der Waals surface area contributed by atoms with Gasteiger partial charge < -0.3 is 14.7 Å². The fraction of sp³-hybridized carbons (Fsp3) is 0.905. The van der Waals surface area contributed by atoms with Crippen molar-refractivity contribution in [2.75, 3.05) is 32.8 Å². The van der Waals surface area contributed by atoms with Crippen LogP contribution in [0.5, 0.6) is 0 Å². The Morgan fingerprint density at radius 2 is 0.867 bits per heavy atom. The summed E-state index contributed by atoms with van der Waals surface area (Å²) in [5, 5.41) is 9.16. The van der Waals surface area contributed by atoms with Gasteiger partial charge in [0.15, 0.2) is 0 Å². The monoisotopic (exact) mass is 636 g/mol. The number of unbranched alkanes of at least 4 members (excludes halogenated alkanes) is 22. The van der Waals surface area contributed by atoms with Crippen LogP contribution in [0, 0.1) is 5.92 Å². The minimum Gasteiger partial charge on any atom is -0.498 e. The maximum absolute atomic E-state index is 9.16. The number of ether oxygens (including phenoxy) is 1. The molecule has 0 aromatic heterocycles. The largest absolute Gasteiger partial charge is 0.498 e. The van der Waals surface area contributed by atoms with Crippen molar-refractivity contribution < 1.29 is 9.84 Å². The van der Waals surface area contributed by atoms with Crippen LogP contribution in [0.3, 0.4) is 0 Å². The molecular weight excluding hydrogens is 550 g/mol. The first-order valence-electron chi connectivity index (χ1n) is 20.3. The predicted molar refractivity (Wildman–Crippen MR) is 204 cm³/mol. The molecule has 0 fully saturated rings. The van der Waals surface area contributed by atoms with Crippen LogP contribution < -0.4 is 0 Å². The van der Waals surface area contributed by atoms with Gasteiger partial charge in [0, 0.05) is 12.5 Å². The number of aliphatic hydroxyl groups excluding tert-OH is 1. The minimum absolute atomic E-state index is 0.296. The Morgan fingerprint density at radius 3 is 1.27 bits per heavy atom. The maximum Gasteiger partial charge on any atom is 0.0956 e. The van der Waals surface area contributed by atoms with Crippen molar-refractivity contribution in [2.24, 2.45) is 5.92 Å². The lowest BCUT2D eigenvalue weighted by molar-refractivity contribution is 0.183. The van der Waals surface area contributed by atoms with Gasteiger partial charge in [0.25, 0.3) is 0 Å². The number of hydrogen-bond donors (Lipinski definition) is 1. The summed E-state index contributed by atoms with van der Waals surface area (Å²) in [4.78, 5) is 2.46. The van der Waals surface area contributed by atoms with Crippen LogP contribution in [0.4, 0.5) is 0 Å². The number of aliphatic hydroxyl groups is 1. The summed E-state index contributed by atoms with van der Waals surface area (Å²) < 4.78 is 5.85. The molecule has 0 saturated heterocycles. The molecule has 0 heterocycles. The van der Waals surface area contributed by atoms with E-state index >= 15 is 0 Å². The summed E-state index contributed by atoms with van der Waals surface area (Å²) in [6.45, 7) is 24.0. The van der Waals surface area contributed by atoms with Gasteiger partial charge in [0.2, 0.25) is 0 Å². The quantitative estimate of drug-likeness (QED) is 0.0427. The van der Waals surface area contributed by atoms with E-state index in [0.29, 0.717) is 12.5 Å². The molecule has 270 valence electrons. The summed E-state index contributed by atoms with van der Waals surface area (Å²) in [5.74, 6) is 1.21. The van der Waals surface area contributed by atoms with Gasteiger partial charge in [-0.2, -0.15) is 0 Å². The molecule has 3 heteroatoms. The van der Waals surface area contributed by atoms with Crippen molar-refractivity contribution in [2.45, 2.75) is 208 Å². The Balaban J connectivity index is 0. The topological polar surface area (TPSA) is 32.7 Å². The Labute approximate surface area is 285 Å². The smallest absolute Gasteiger partial charge is 0.0956 e. The van der Waals surface area contributed by atoms with Crippen LogP contribution in [0.2, 0.25) is 0 Å². The zero-order valence-electron chi connectivity index (χ0n) is 31.9. The third-order valence-corrected chi connectivity index (χ3v) is 9.30. The highest BCUT2D eigenvalue weighted by Gasteiger charge is 2.11. The molecule has 0 radical (unpaired) electrons. The Morgan fingerprint density at radius 1 is 0.511 bits per heavy atom. The molecule has 45 heavy (non-hydrogen) atoms. The van der Waals surface area contributed by atoms with Crippen LogP contribution in [-0.4, -0.2) is 42.9 Å².